The van der Waals surface area contributed by atoms with Crippen LogP contribution >= 0.6 is 11.3 Å². The van der Waals surface area contributed by atoms with Gasteiger partial charge in [-0.3, -0.25) is 4.79 Å². The van der Waals surface area contributed by atoms with Crippen LogP contribution in [0.1, 0.15) is 18.4 Å². The topological polar surface area (TPSA) is 77.2 Å². The number of nitrogens with one attached hydrogen (secondary N) is 3. The van der Waals surface area contributed by atoms with Crippen molar-refractivity contribution in [2.45, 2.75) is 25.4 Å². The molecule has 1 unspecified atom stereocenters. The maximum atomic E-state index is 12.3. The summed E-state index contributed by atoms with van der Waals surface area (Å²) in [6.07, 6.45) is 2.43. The number of aromatic nitrogens is 1. The Morgan fingerprint density at radius 3 is 2.79 bits per heavy atom. The molecule has 4 N–H and O–H groups in total. The highest BCUT2D eigenvalue weighted by atomic mass is 32.1. The lowest BCUT2D eigenvalue weighted by Crippen LogP contribution is -2.42. The van der Waals surface area contributed by atoms with Gasteiger partial charge in [-0.1, -0.05) is 24.3 Å². The number of fused-ring (bicyclic) bond motifs is 3. The summed E-state index contributed by atoms with van der Waals surface area (Å²) in [5, 5.41) is 21.4. The molecule has 29 heavy (non-hydrogen) atoms. The molecule has 0 bridgehead atoms. The quantitative estimate of drug-likeness (QED) is 0.415. The summed E-state index contributed by atoms with van der Waals surface area (Å²) in [5.41, 5.74) is 3.57. The fourth-order valence-electron chi connectivity index (χ4n) is 4.21. The molecule has 0 aliphatic carbocycles. The second-order valence-corrected chi connectivity index (χ2v) is 8.54. The Labute approximate surface area is 172 Å². The molecule has 2 aromatic heterocycles. The van der Waals surface area contributed by atoms with Crippen LogP contribution < -0.4 is 16.2 Å². The van der Waals surface area contributed by atoms with Gasteiger partial charge < -0.3 is 20.7 Å². The maximum Gasteiger partial charge on any atom is 0.266 e. The zero-order chi connectivity index (χ0) is 19.8. The largest absolute Gasteiger partial charge is 0.507 e. The minimum absolute atomic E-state index is 0.0854. The van der Waals surface area contributed by atoms with Gasteiger partial charge in [-0.2, -0.15) is 0 Å². The number of aromatic hydroxyl groups is 1. The van der Waals surface area contributed by atoms with Crippen molar-refractivity contribution in [3.63, 3.8) is 0 Å². The van der Waals surface area contributed by atoms with E-state index in [2.05, 4.69) is 27.8 Å². The Morgan fingerprint density at radius 1 is 1.14 bits per heavy atom. The van der Waals surface area contributed by atoms with E-state index in [4.69, 9.17) is 0 Å². The van der Waals surface area contributed by atoms with Crippen LogP contribution in [0, 0.1) is 0 Å². The van der Waals surface area contributed by atoms with Gasteiger partial charge in [0.1, 0.15) is 10.4 Å². The molecule has 1 saturated heterocycles. The average molecular weight is 406 g/mol. The molecule has 1 fully saturated rings. The third kappa shape index (κ3) is 3.44. The lowest BCUT2D eigenvalue weighted by molar-refractivity contribution is 0.389. The number of benzene rings is 2. The number of thiophene rings is 1. The van der Waals surface area contributed by atoms with Crippen LogP contribution in [0.15, 0.2) is 52.6 Å². The third-order valence-corrected chi connectivity index (χ3v) is 6.62. The molecule has 0 spiro atoms. The molecular formula is C23H23N3O2S. The summed E-state index contributed by atoms with van der Waals surface area (Å²) < 4.78 is 0.686. The first-order chi connectivity index (χ1) is 14.2. The van der Waals surface area contributed by atoms with E-state index >= 15 is 0 Å². The minimum atomic E-state index is -0.0854. The van der Waals surface area contributed by atoms with E-state index in [-0.39, 0.29) is 11.3 Å². The van der Waals surface area contributed by atoms with Crippen molar-refractivity contribution in [3.8, 4) is 16.9 Å². The van der Waals surface area contributed by atoms with Gasteiger partial charge in [0.05, 0.1) is 0 Å². The van der Waals surface area contributed by atoms with Gasteiger partial charge in [0.25, 0.3) is 5.56 Å². The van der Waals surface area contributed by atoms with Gasteiger partial charge in [-0.15, -0.1) is 11.3 Å². The fraction of sp³-hybridized carbons (Fsp3) is 0.261. The highest BCUT2D eigenvalue weighted by molar-refractivity contribution is 7.17. The molecule has 3 heterocycles. The van der Waals surface area contributed by atoms with Crippen LogP contribution in [-0.4, -0.2) is 29.2 Å². The van der Waals surface area contributed by atoms with E-state index < -0.39 is 0 Å². The van der Waals surface area contributed by atoms with Crippen molar-refractivity contribution in [2.24, 2.45) is 0 Å². The summed E-state index contributed by atoms with van der Waals surface area (Å²) in [5.74, 6) is 0.219. The van der Waals surface area contributed by atoms with Crippen LogP contribution in [0.25, 0.3) is 32.1 Å². The molecular weight excluding hydrogens is 382 g/mol. The number of phenolic OH excluding ortho intramolecular Hbond substituents is 1. The lowest BCUT2D eigenvalue weighted by Gasteiger charge is -2.24. The molecule has 4 aromatic rings. The molecule has 6 heteroatoms. The fourth-order valence-corrected chi connectivity index (χ4v) is 5.00. The number of aromatic amines is 1. The van der Waals surface area contributed by atoms with Gasteiger partial charge in [-0.05, 0) is 54.1 Å². The molecule has 0 saturated carbocycles. The summed E-state index contributed by atoms with van der Waals surface area (Å²) in [4.78, 5) is 15.3. The number of hydrogen-bond donors (Lipinski definition) is 4. The summed E-state index contributed by atoms with van der Waals surface area (Å²) in [7, 11) is 0. The van der Waals surface area contributed by atoms with Crippen LogP contribution in [0.5, 0.6) is 5.75 Å². The highest BCUT2D eigenvalue weighted by Gasteiger charge is 2.16. The number of rotatable bonds is 4. The first-order valence-corrected chi connectivity index (χ1v) is 10.9. The Hall–Kier alpha value is -2.67. The normalized spacial score (nSPS) is 17.2. The number of phenols is 1. The van der Waals surface area contributed by atoms with Gasteiger partial charge in [0.15, 0.2) is 0 Å². The smallest absolute Gasteiger partial charge is 0.266 e. The SMILES string of the molecule is O=c1[nH]c2ccc(O)c(-c3ccc(CNC4CCCNC4)cc3)c2c2ccsc12. The molecule has 5 nitrogen and oxygen atoms in total. The summed E-state index contributed by atoms with van der Waals surface area (Å²) in [6, 6.07) is 14.2. The molecule has 1 atom stereocenters. The van der Waals surface area contributed by atoms with Crippen molar-refractivity contribution in [3.05, 3.63) is 63.8 Å². The second kappa shape index (κ2) is 7.63. The summed E-state index contributed by atoms with van der Waals surface area (Å²) >= 11 is 1.42. The average Bonchev–Trinajstić information content (AvgIpc) is 3.25. The summed E-state index contributed by atoms with van der Waals surface area (Å²) in [6.45, 7) is 2.97. The van der Waals surface area contributed by atoms with E-state index in [1.807, 2.05) is 23.6 Å². The predicted molar refractivity (Wildman–Crippen MR) is 120 cm³/mol. The lowest BCUT2D eigenvalue weighted by atomic mass is 9.96. The van der Waals surface area contributed by atoms with E-state index in [0.717, 1.165) is 47.1 Å². The van der Waals surface area contributed by atoms with Crippen LogP contribution in [0.2, 0.25) is 0 Å². The van der Waals surface area contributed by atoms with Crippen LogP contribution in [0.4, 0.5) is 0 Å². The van der Waals surface area contributed by atoms with E-state index in [1.54, 1.807) is 12.1 Å². The predicted octanol–water partition coefficient (Wildman–Crippen LogP) is 3.96. The Bertz CT molecular complexity index is 1220. The first-order valence-electron chi connectivity index (χ1n) is 9.99. The third-order valence-electron chi connectivity index (χ3n) is 5.71. The van der Waals surface area contributed by atoms with Crippen molar-refractivity contribution < 1.29 is 5.11 Å². The molecule has 2 aromatic carbocycles. The minimum Gasteiger partial charge on any atom is -0.507 e. The Morgan fingerprint density at radius 2 is 2.00 bits per heavy atom. The first kappa shape index (κ1) is 18.4. The van der Waals surface area contributed by atoms with Gasteiger partial charge in [0.2, 0.25) is 0 Å². The molecule has 1 aliphatic heterocycles. The molecule has 0 amide bonds. The molecule has 148 valence electrons. The number of H-pyrrole nitrogens is 1. The van der Waals surface area contributed by atoms with E-state index in [9.17, 15) is 9.90 Å². The van der Waals surface area contributed by atoms with Crippen molar-refractivity contribution in [2.75, 3.05) is 13.1 Å². The Balaban J connectivity index is 1.51. The monoisotopic (exact) mass is 405 g/mol. The Kier molecular flexibility index (Phi) is 4.83. The second-order valence-electron chi connectivity index (χ2n) is 7.62. The number of pyridine rings is 1. The standard InChI is InChI=1S/C23H23N3O2S/c27-19-8-7-18-21(17-9-11-29-22(17)23(28)26-18)20(19)15-5-3-14(4-6-15)12-25-16-2-1-10-24-13-16/h3-9,11,16,24-25,27H,1-2,10,12-13H2,(H,26,28). The molecule has 1 aliphatic rings. The van der Waals surface area contributed by atoms with Crippen LogP contribution in [-0.2, 0) is 6.54 Å². The van der Waals surface area contributed by atoms with Crippen molar-refractivity contribution in [1.82, 2.24) is 15.6 Å². The number of hydrogen-bond acceptors (Lipinski definition) is 5. The molecule has 5 rings (SSSR count). The van der Waals surface area contributed by atoms with E-state index in [0.29, 0.717) is 10.7 Å². The van der Waals surface area contributed by atoms with Crippen molar-refractivity contribution >= 4 is 32.3 Å². The zero-order valence-electron chi connectivity index (χ0n) is 16.0. The van der Waals surface area contributed by atoms with Gasteiger partial charge in [-0.25, -0.2) is 0 Å². The van der Waals surface area contributed by atoms with Crippen molar-refractivity contribution in [1.29, 1.82) is 0 Å². The number of piperidine rings is 1. The van der Waals surface area contributed by atoms with Gasteiger partial charge in [0, 0.05) is 41.0 Å². The zero-order valence-corrected chi connectivity index (χ0v) is 16.8. The van der Waals surface area contributed by atoms with E-state index in [1.165, 1.54) is 29.7 Å². The van der Waals surface area contributed by atoms with Gasteiger partial charge >= 0.3 is 0 Å². The molecule has 0 radical (unpaired) electrons. The van der Waals surface area contributed by atoms with Crippen LogP contribution in [0.3, 0.4) is 0 Å². The maximum absolute atomic E-state index is 12.3. The highest BCUT2D eigenvalue weighted by Crippen LogP contribution is 2.39.